The van der Waals surface area contributed by atoms with Crippen LogP contribution in [-0.4, -0.2) is 29.6 Å². The maximum absolute atomic E-state index is 13.4. The van der Waals surface area contributed by atoms with Crippen molar-refractivity contribution in [3.8, 4) is 23.1 Å². The molecule has 2 aromatic heterocycles. The van der Waals surface area contributed by atoms with Crippen LogP contribution in [0.2, 0.25) is 5.02 Å². The molecule has 0 saturated carbocycles. The molecule has 0 aliphatic carbocycles. The van der Waals surface area contributed by atoms with Gasteiger partial charge in [-0.1, -0.05) is 36.4 Å². The van der Waals surface area contributed by atoms with Crippen LogP contribution < -0.4 is 15.0 Å². The lowest BCUT2D eigenvalue weighted by Crippen LogP contribution is -2.20. The van der Waals surface area contributed by atoms with Crippen molar-refractivity contribution >= 4 is 39.7 Å². The van der Waals surface area contributed by atoms with E-state index < -0.39 is 0 Å². The molecule has 3 aromatic carbocycles. The second-order valence-electron chi connectivity index (χ2n) is 7.62. The van der Waals surface area contributed by atoms with Crippen LogP contribution in [0.15, 0.2) is 93.7 Å². The quantitative estimate of drug-likeness (QED) is 0.211. The molecular formula is C27H20ClN3O4. The number of ether oxygens (including phenoxy) is 2. The highest BCUT2D eigenvalue weighted by atomic mass is 35.5. The number of halogens is 1. The second-order valence-corrected chi connectivity index (χ2v) is 8.05. The van der Waals surface area contributed by atoms with Gasteiger partial charge in [-0.25, -0.2) is 4.98 Å². The van der Waals surface area contributed by atoms with Crippen LogP contribution in [0.5, 0.6) is 11.5 Å². The first-order valence-electron chi connectivity index (χ1n) is 10.7. The Bertz CT molecular complexity index is 1650. The number of benzene rings is 3. The lowest BCUT2D eigenvalue weighted by Gasteiger charge is -2.10. The number of para-hydroxylation sites is 1. The van der Waals surface area contributed by atoms with Gasteiger partial charge < -0.3 is 13.9 Å². The number of aromatic nitrogens is 2. The zero-order valence-corrected chi connectivity index (χ0v) is 19.5. The minimum Gasteiger partial charge on any atom is -0.493 e. The molecule has 5 rings (SSSR count). The largest absolute Gasteiger partial charge is 0.493 e. The fraction of sp³-hybridized carbons (Fsp3) is 0.0741. The fourth-order valence-corrected chi connectivity index (χ4v) is 3.85. The van der Waals surface area contributed by atoms with Crippen LogP contribution in [0.25, 0.3) is 33.5 Å². The van der Waals surface area contributed by atoms with Gasteiger partial charge in [0.2, 0.25) is 5.82 Å². The first-order chi connectivity index (χ1) is 17.1. The summed E-state index contributed by atoms with van der Waals surface area (Å²) in [4.78, 5) is 18.1. The molecule has 0 bridgehead atoms. The molecule has 0 radical (unpaired) electrons. The number of nitrogens with zero attached hydrogens (tertiary/aromatic N) is 3. The van der Waals surface area contributed by atoms with Crippen molar-refractivity contribution in [2.24, 2.45) is 5.10 Å². The molecule has 2 heterocycles. The topological polar surface area (TPSA) is 78.9 Å². The average Bonchev–Trinajstić information content (AvgIpc) is 3.30. The van der Waals surface area contributed by atoms with Gasteiger partial charge in [0.15, 0.2) is 17.3 Å². The molecule has 0 spiro atoms. The van der Waals surface area contributed by atoms with E-state index in [-0.39, 0.29) is 11.4 Å². The van der Waals surface area contributed by atoms with Gasteiger partial charge in [-0.2, -0.15) is 9.78 Å². The minimum absolute atomic E-state index is 0.273. The minimum atomic E-state index is -0.321. The summed E-state index contributed by atoms with van der Waals surface area (Å²) in [6, 6.07) is 19.6. The number of methoxy groups -OCH3 is 1. The van der Waals surface area contributed by atoms with Gasteiger partial charge in [-0.05, 0) is 60.2 Å². The Morgan fingerprint density at radius 1 is 1.11 bits per heavy atom. The second kappa shape index (κ2) is 9.48. The lowest BCUT2D eigenvalue weighted by atomic mass is 10.2. The predicted molar refractivity (Wildman–Crippen MR) is 138 cm³/mol. The summed E-state index contributed by atoms with van der Waals surface area (Å²) in [6.07, 6.45) is 3.21. The first kappa shape index (κ1) is 22.4. The molecule has 0 atom stereocenters. The summed E-state index contributed by atoms with van der Waals surface area (Å²) in [5.41, 5.74) is 1.55. The van der Waals surface area contributed by atoms with E-state index in [0.717, 1.165) is 5.39 Å². The number of hydrogen-bond donors (Lipinski definition) is 0. The highest BCUT2D eigenvalue weighted by Gasteiger charge is 2.16. The van der Waals surface area contributed by atoms with Crippen molar-refractivity contribution in [1.29, 1.82) is 0 Å². The number of furan rings is 1. The fourth-order valence-electron chi connectivity index (χ4n) is 3.67. The first-order valence-corrected chi connectivity index (χ1v) is 11.1. The highest BCUT2D eigenvalue weighted by Crippen LogP contribution is 2.30. The monoisotopic (exact) mass is 485 g/mol. The van der Waals surface area contributed by atoms with Crippen molar-refractivity contribution in [2.75, 3.05) is 13.7 Å². The van der Waals surface area contributed by atoms with E-state index in [0.29, 0.717) is 50.9 Å². The third kappa shape index (κ3) is 4.41. The van der Waals surface area contributed by atoms with Gasteiger partial charge in [-0.15, -0.1) is 0 Å². The molecular weight excluding hydrogens is 466 g/mol. The Balaban J connectivity index is 1.64. The van der Waals surface area contributed by atoms with Crippen molar-refractivity contribution in [2.45, 2.75) is 0 Å². The van der Waals surface area contributed by atoms with E-state index in [1.807, 2.05) is 12.1 Å². The van der Waals surface area contributed by atoms with Crippen LogP contribution in [0.1, 0.15) is 5.56 Å². The Kier molecular flexibility index (Phi) is 6.08. The molecule has 7 nitrogen and oxygen atoms in total. The molecule has 35 heavy (non-hydrogen) atoms. The molecule has 8 heteroatoms. The Hall–Kier alpha value is -4.36. The maximum atomic E-state index is 13.4. The Morgan fingerprint density at radius 2 is 1.97 bits per heavy atom. The zero-order valence-electron chi connectivity index (χ0n) is 18.8. The van der Waals surface area contributed by atoms with Crippen LogP contribution in [0.4, 0.5) is 0 Å². The Labute approximate surface area is 205 Å². The normalized spacial score (nSPS) is 11.4. The van der Waals surface area contributed by atoms with Crippen molar-refractivity contribution in [3.63, 3.8) is 0 Å². The molecule has 174 valence electrons. The van der Waals surface area contributed by atoms with E-state index in [2.05, 4.69) is 16.7 Å². The third-order valence-corrected chi connectivity index (χ3v) is 5.55. The summed E-state index contributed by atoms with van der Waals surface area (Å²) in [7, 11) is 1.56. The van der Waals surface area contributed by atoms with E-state index in [1.165, 1.54) is 4.68 Å². The molecule has 0 aliphatic heterocycles. The molecule has 0 amide bonds. The van der Waals surface area contributed by atoms with Gasteiger partial charge in [-0.3, -0.25) is 4.79 Å². The maximum Gasteiger partial charge on any atom is 0.282 e. The molecule has 0 fully saturated rings. The molecule has 0 N–H and O–H groups in total. The van der Waals surface area contributed by atoms with Gasteiger partial charge in [0.05, 0.1) is 24.2 Å². The smallest absolute Gasteiger partial charge is 0.282 e. The predicted octanol–water partition coefficient (Wildman–Crippen LogP) is 5.92. The SMILES string of the molecule is C=CCOc1ccc(C=Nn2c(-c3cc4cc(Cl)ccc4o3)nc3ccccc3c2=O)cc1OC. The summed E-state index contributed by atoms with van der Waals surface area (Å²) >= 11 is 6.13. The van der Waals surface area contributed by atoms with E-state index in [4.69, 9.17) is 25.5 Å². The Morgan fingerprint density at radius 3 is 2.80 bits per heavy atom. The molecule has 0 unspecified atom stereocenters. The summed E-state index contributed by atoms with van der Waals surface area (Å²) in [5.74, 6) is 1.79. The third-order valence-electron chi connectivity index (χ3n) is 5.32. The summed E-state index contributed by atoms with van der Waals surface area (Å²) < 4.78 is 18.3. The lowest BCUT2D eigenvalue weighted by molar-refractivity contribution is 0.326. The highest BCUT2D eigenvalue weighted by molar-refractivity contribution is 6.31. The van der Waals surface area contributed by atoms with Crippen LogP contribution >= 0.6 is 11.6 Å². The molecule has 0 aliphatic rings. The van der Waals surface area contributed by atoms with Gasteiger partial charge >= 0.3 is 0 Å². The van der Waals surface area contributed by atoms with Crippen LogP contribution in [0.3, 0.4) is 0 Å². The van der Waals surface area contributed by atoms with Crippen molar-refractivity contribution < 1.29 is 13.9 Å². The van der Waals surface area contributed by atoms with Crippen molar-refractivity contribution in [3.05, 3.63) is 100 Å². The zero-order chi connectivity index (χ0) is 24.4. The molecule has 0 saturated heterocycles. The van der Waals surface area contributed by atoms with Gasteiger partial charge in [0, 0.05) is 10.4 Å². The van der Waals surface area contributed by atoms with Gasteiger partial charge in [0.25, 0.3) is 5.56 Å². The molecule has 5 aromatic rings. The van der Waals surface area contributed by atoms with E-state index in [9.17, 15) is 4.79 Å². The number of hydrogen-bond acceptors (Lipinski definition) is 6. The standard InChI is InChI=1S/C27H20ClN3O4/c1-3-12-34-23-10-8-17(13-24(23)33-2)16-29-31-26(30-21-7-5-4-6-20(21)27(31)32)25-15-18-14-19(28)9-11-22(18)35-25/h3-11,13-16H,1,12H2,2H3. The van der Waals surface area contributed by atoms with Crippen molar-refractivity contribution in [1.82, 2.24) is 9.66 Å². The average molecular weight is 486 g/mol. The number of fused-ring (bicyclic) bond motifs is 2. The number of rotatable bonds is 7. The van der Waals surface area contributed by atoms with Gasteiger partial charge in [0.1, 0.15) is 12.2 Å². The van der Waals surface area contributed by atoms with Crippen LogP contribution in [-0.2, 0) is 0 Å². The summed E-state index contributed by atoms with van der Waals surface area (Å²) in [5, 5.41) is 6.30. The van der Waals surface area contributed by atoms with E-state index >= 15 is 0 Å². The van der Waals surface area contributed by atoms with E-state index in [1.54, 1.807) is 74.0 Å². The van der Waals surface area contributed by atoms with Crippen LogP contribution in [0, 0.1) is 0 Å². The summed E-state index contributed by atoms with van der Waals surface area (Å²) in [6.45, 7) is 4.01.